The van der Waals surface area contributed by atoms with Crippen molar-refractivity contribution in [1.29, 1.82) is 0 Å². The minimum absolute atomic E-state index is 0.0258. The maximum atomic E-state index is 17.1. The van der Waals surface area contributed by atoms with Crippen LogP contribution in [0.1, 0.15) is 60.8 Å². The monoisotopic (exact) mass is 494 g/mol. The molecule has 3 fully saturated rings. The van der Waals surface area contributed by atoms with Crippen molar-refractivity contribution in [3.05, 3.63) is 23.8 Å². The molecule has 4 rings (SSSR count). The molecule has 0 aliphatic heterocycles. The lowest BCUT2D eigenvalue weighted by Gasteiger charge is -2.63. The van der Waals surface area contributed by atoms with Gasteiger partial charge in [0.1, 0.15) is 11.8 Å². The van der Waals surface area contributed by atoms with E-state index in [-0.39, 0.29) is 24.8 Å². The molecule has 0 bridgehead atoms. The Morgan fingerprint density at radius 2 is 1.83 bits per heavy atom. The van der Waals surface area contributed by atoms with Gasteiger partial charge in [-0.25, -0.2) is 8.78 Å². The summed E-state index contributed by atoms with van der Waals surface area (Å²) in [4.78, 5) is 37.5. The lowest BCUT2D eigenvalue weighted by molar-refractivity contribution is -0.224. The van der Waals surface area contributed by atoms with Gasteiger partial charge in [-0.15, -0.1) is 0 Å². The Kier molecular flexibility index (Phi) is 5.81. The van der Waals surface area contributed by atoms with Crippen molar-refractivity contribution in [2.24, 2.45) is 34.0 Å². The first kappa shape index (κ1) is 26.1. The van der Waals surface area contributed by atoms with Gasteiger partial charge in [-0.05, 0) is 76.5 Å². The summed E-state index contributed by atoms with van der Waals surface area (Å²) in [6, 6.07) is 0. The number of alkyl halides is 2. The second-order valence-corrected chi connectivity index (χ2v) is 12.5. The number of allylic oxidation sites excluding steroid dienone is 4. The number of ketones is 2. The van der Waals surface area contributed by atoms with Crippen molar-refractivity contribution in [3.8, 4) is 0 Å². The number of carbonyl (C=O) groups is 3. The first-order valence-corrected chi connectivity index (χ1v) is 12.3. The van der Waals surface area contributed by atoms with Crippen molar-refractivity contribution >= 4 is 17.5 Å². The first-order chi connectivity index (χ1) is 15.9. The summed E-state index contributed by atoms with van der Waals surface area (Å²) in [5.41, 5.74) is -7.87. The quantitative estimate of drug-likeness (QED) is 0.583. The number of aliphatic hydroxyl groups is 2. The molecule has 0 amide bonds. The number of esters is 1. The van der Waals surface area contributed by atoms with Crippen molar-refractivity contribution in [2.75, 3.05) is 6.61 Å². The summed E-state index contributed by atoms with van der Waals surface area (Å²) in [7, 11) is 0. The summed E-state index contributed by atoms with van der Waals surface area (Å²) in [6.07, 6.45) is 0.249. The number of hydrogen-bond acceptors (Lipinski definition) is 6. The summed E-state index contributed by atoms with van der Waals surface area (Å²) in [6.45, 7) is 9.15. The second-order valence-electron chi connectivity index (χ2n) is 12.5. The zero-order valence-electron chi connectivity index (χ0n) is 21.2. The minimum atomic E-state index is -2.28. The molecule has 0 aromatic heterocycles. The lowest BCUT2D eigenvalue weighted by atomic mass is 9.44. The molecular formula is C27H36F2O6. The van der Waals surface area contributed by atoms with E-state index in [2.05, 4.69) is 0 Å². The average molecular weight is 495 g/mol. The van der Waals surface area contributed by atoms with Crippen LogP contribution in [0.3, 0.4) is 0 Å². The van der Waals surface area contributed by atoms with Gasteiger partial charge in [0.05, 0.1) is 11.5 Å². The molecule has 8 heteroatoms. The van der Waals surface area contributed by atoms with E-state index < -0.39 is 81.7 Å². The Morgan fingerprint density at radius 3 is 2.43 bits per heavy atom. The Hall–Kier alpha value is -1.93. The highest BCUT2D eigenvalue weighted by atomic mass is 19.1. The molecule has 2 N–H and O–H groups in total. The second kappa shape index (κ2) is 7.78. The van der Waals surface area contributed by atoms with Crippen molar-refractivity contribution in [3.63, 3.8) is 0 Å². The highest BCUT2D eigenvalue weighted by molar-refractivity contribution is 6.01. The summed E-state index contributed by atoms with van der Waals surface area (Å²) < 4.78 is 37.8. The minimum Gasteiger partial charge on any atom is -0.457 e. The Balaban J connectivity index is 1.72. The van der Waals surface area contributed by atoms with E-state index >= 15 is 8.78 Å². The van der Waals surface area contributed by atoms with E-state index in [0.717, 1.165) is 6.08 Å². The third-order valence-corrected chi connectivity index (χ3v) is 9.58. The fraction of sp³-hybridized carbons (Fsp3) is 0.741. The highest BCUT2D eigenvalue weighted by Crippen LogP contribution is 2.70. The lowest BCUT2D eigenvalue weighted by Crippen LogP contribution is -2.70. The third-order valence-electron chi connectivity index (χ3n) is 9.58. The molecule has 3 saturated carbocycles. The number of fused-ring (bicyclic) bond motifs is 5. The maximum Gasteiger partial charge on any atom is 0.311 e. The van der Waals surface area contributed by atoms with Crippen LogP contribution in [-0.2, 0) is 19.1 Å². The van der Waals surface area contributed by atoms with Crippen molar-refractivity contribution in [1.82, 2.24) is 0 Å². The molecule has 35 heavy (non-hydrogen) atoms. The van der Waals surface area contributed by atoms with E-state index in [9.17, 15) is 24.6 Å². The van der Waals surface area contributed by atoms with Crippen LogP contribution in [-0.4, -0.2) is 57.9 Å². The number of hydrogen-bond donors (Lipinski definition) is 2. The average Bonchev–Trinajstić information content (AvgIpc) is 2.96. The van der Waals surface area contributed by atoms with Gasteiger partial charge in [0.15, 0.2) is 18.1 Å². The highest BCUT2D eigenvalue weighted by Gasteiger charge is 2.76. The first-order valence-electron chi connectivity index (χ1n) is 12.3. The fourth-order valence-corrected chi connectivity index (χ4v) is 7.59. The molecule has 4 aliphatic rings. The predicted molar refractivity (Wildman–Crippen MR) is 124 cm³/mol. The fourth-order valence-electron chi connectivity index (χ4n) is 7.59. The molecule has 9 atom stereocenters. The molecule has 0 spiro atoms. The van der Waals surface area contributed by atoms with E-state index in [4.69, 9.17) is 4.74 Å². The standard InChI is InChI=1S/C27H36F2O6/c1-14-9-16-17-11-19(28)18-10-15(30)7-8-24(18,5)26(17,29)20(31)12-25(16,6)27(14,34)21(32)13-35-22(33)23(2,3)4/h7-8,10,14,16-17,19-20,31,34H,9,11-13H2,1-6H3/t14-,16+,17+,19+,20-,24+,25+,26+,27+/m1/s1. The summed E-state index contributed by atoms with van der Waals surface area (Å²) in [5, 5.41) is 23.2. The van der Waals surface area contributed by atoms with Crippen LogP contribution in [0.15, 0.2) is 23.8 Å². The number of aliphatic hydroxyl groups excluding tert-OH is 1. The van der Waals surface area contributed by atoms with Crippen LogP contribution in [0.5, 0.6) is 0 Å². The van der Waals surface area contributed by atoms with Gasteiger partial charge >= 0.3 is 5.97 Å². The van der Waals surface area contributed by atoms with Gasteiger partial charge in [0.25, 0.3) is 0 Å². The molecule has 194 valence electrons. The SMILES string of the molecule is C[C@@H]1C[C@H]2[C@@H]3C[C@H](F)C4=CC(=O)C=C[C@]4(C)[C@@]3(F)[C@H](O)C[C@]2(C)[C@@]1(O)C(=O)COC(=O)C(C)(C)C. The van der Waals surface area contributed by atoms with Gasteiger partial charge in [-0.2, -0.15) is 0 Å². The summed E-state index contributed by atoms with van der Waals surface area (Å²) >= 11 is 0. The molecule has 0 heterocycles. The van der Waals surface area contributed by atoms with Gasteiger partial charge in [-0.1, -0.05) is 19.9 Å². The van der Waals surface area contributed by atoms with Crippen molar-refractivity contribution in [2.45, 2.75) is 84.4 Å². The van der Waals surface area contributed by atoms with Crippen LogP contribution >= 0.6 is 0 Å². The molecule has 0 aromatic rings. The molecule has 0 saturated heterocycles. The van der Waals surface area contributed by atoms with Crippen LogP contribution in [0.25, 0.3) is 0 Å². The summed E-state index contributed by atoms with van der Waals surface area (Å²) in [5.74, 6) is -3.94. The normalized spacial score (nSPS) is 46.9. The molecule has 4 aliphatic carbocycles. The van der Waals surface area contributed by atoms with E-state index in [0.29, 0.717) is 0 Å². The zero-order chi connectivity index (χ0) is 26.4. The number of ether oxygens (including phenoxy) is 1. The number of carbonyl (C=O) groups excluding carboxylic acids is 3. The largest absolute Gasteiger partial charge is 0.457 e. The predicted octanol–water partition coefficient (Wildman–Crippen LogP) is 3.44. The van der Waals surface area contributed by atoms with E-state index in [1.54, 1.807) is 34.6 Å². The van der Waals surface area contributed by atoms with Gasteiger partial charge in [0.2, 0.25) is 5.78 Å². The Bertz CT molecular complexity index is 1030. The van der Waals surface area contributed by atoms with Crippen LogP contribution in [0.2, 0.25) is 0 Å². The van der Waals surface area contributed by atoms with Crippen LogP contribution < -0.4 is 0 Å². The Morgan fingerprint density at radius 1 is 1.20 bits per heavy atom. The van der Waals surface area contributed by atoms with Gasteiger partial charge in [0, 0.05) is 16.7 Å². The van der Waals surface area contributed by atoms with Gasteiger partial charge in [-0.3, -0.25) is 14.4 Å². The van der Waals surface area contributed by atoms with E-state index in [1.165, 1.54) is 19.1 Å². The zero-order valence-corrected chi connectivity index (χ0v) is 21.2. The van der Waals surface area contributed by atoms with Crippen molar-refractivity contribution < 1.29 is 38.1 Å². The molecule has 6 nitrogen and oxygen atoms in total. The van der Waals surface area contributed by atoms with E-state index in [1.807, 2.05) is 0 Å². The number of Topliss-reactive ketones (excluding diaryl/α,β-unsaturated/α-hetero) is 1. The molecule has 0 unspecified atom stereocenters. The molecular weight excluding hydrogens is 458 g/mol. The topological polar surface area (TPSA) is 101 Å². The maximum absolute atomic E-state index is 17.1. The van der Waals surface area contributed by atoms with Gasteiger partial charge < -0.3 is 14.9 Å². The number of halogens is 2. The molecule has 0 aromatic carbocycles. The third kappa shape index (κ3) is 3.28. The smallest absolute Gasteiger partial charge is 0.311 e. The van der Waals surface area contributed by atoms with Crippen LogP contribution in [0, 0.1) is 34.0 Å². The Labute approximate surface area is 204 Å². The molecule has 0 radical (unpaired) electrons. The number of rotatable bonds is 3. The van der Waals surface area contributed by atoms with Crippen LogP contribution in [0.4, 0.5) is 8.78 Å².